The Hall–Kier alpha value is -1.58. The van der Waals surface area contributed by atoms with Gasteiger partial charge in [0.15, 0.2) is 6.29 Å². The topological polar surface area (TPSA) is 59.3 Å². The molecule has 4 heteroatoms. The third-order valence-corrected chi connectivity index (χ3v) is 2.26. The maximum Gasteiger partial charge on any atom is 0.327 e. The van der Waals surface area contributed by atoms with Gasteiger partial charge < -0.3 is 9.67 Å². The Labute approximate surface area is 88.5 Å². The van der Waals surface area contributed by atoms with Crippen molar-refractivity contribution in [2.24, 2.45) is 5.41 Å². The van der Waals surface area contributed by atoms with Crippen molar-refractivity contribution in [3.8, 4) is 0 Å². The van der Waals surface area contributed by atoms with Crippen LogP contribution >= 0.6 is 0 Å². The maximum absolute atomic E-state index is 11.2. The molecule has 15 heavy (non-hydrogen) atoms. The Balaban J connectivity index is 3.22. The Morgan fingerprint density at radius 1 is 1.53 bits per heavy atom. The molecule has 0 fully saturated rings. The summed E-state index contributed by atoms with van der Waals surface area (Å²) in [5.41, 5.74) is -0.0554. The highest BCUT2D eigenvalue weighted by atomic mass is 16.4. The standard InChI is InChI=1S/C11H15NO3/c1-11(2,3)9(10(14)15)12-6-4-5-8(12)7-13/h4-7,9H,1-3H3,(H,14,15)/t9-/m1/s1. The minimum Gasteiger partial charge on any atom is -0.480 e. The van der Waals surface area contributed by atoms with Crippen molar-refractivity contribution in [3.63, 3.8) is 0 Å². The van der Waals surface area contributed by atoms with E-state index in [1.54, 1.807) is 18.3 Å². The van der Waals surface area contributed by atoms with Gasteiger partial charge in [0.25, 0.3) is 0 Å². The quantitative estimate of drug-likeness (QED) is 0.774. The zero-order valence-electron chi connectivity index (χ0n) is 9.10. The second-order valence-electron chi connectivity index (χ2n) is 4.56. The average Bonchev–Trinajstić information content (AvgIpc) is 2.48. The largest absolute Gasteiger partial charge is 0.480 e. The molecule has 0 saturated carbocycles. The van der Waals surface area contributed by atoms with E-state index in [1.807, 2.05) is 20.8 Å². The molecule has 0 amide bonds. The summed E-state index contributed by atoms with van der Waals surface area (Å²) in [6.07, 6.45) is 2.29. The van der Waals surface area contributed by atoms with Crippen LogP contribution in [-0.2, 0) is 4.79 Å². The first-order chi connectivity index (χ1) is 6.88. The normalized spacial score (nSPS) is 13.5. The fourth-order valence-electron chi connectivity index (χ4n) is 1.65. The second-order valence-corrected chi connectivity index (χ2v) is 4.56. The smallest absolute Gasteiger partial charge is 0.327 e. The molecule has 1 aromatic heterocycles. The number of nitrogens with zero attached hydrogens (tertiary/aromatic N) is 1. The molecule has 1 atom stereocenters. The minimum absolute atomic E-state index is 0.386. The summed E-state index contributed by atoms with van der Waals surface area (Å²) in [6, 6.07) is 2.55. The second kappa shape index (κ2) is 3.88. The van der Waals surface area contributed by atoms with Crippen LogP contribution in [0.2, 0.25) is 0 Å². The Bertz CT molecular complexity index is 373. The van der Waals surface area contributed by atoms with Crippen LogP contribution in [0.5, 0.6) is 0 Å². The van der Waals surface area contributed by atoms with Gasteiger partial charge in [-0.15, -0.1) is 0 Å². The summed E-state index contributed by atoms with van der Waals surface area (Å²) >= 11 is 0. The van der Waals surface area contributed by atoms with Gasteiger partial charge >= 0.3 is 5.97 Å². The van der Waals surface area contributed by atoms with Gasteiger partial charge in [-0.05, 0) is 17.5 Å². The van der Waals surface area contributed by atoms with Gasteiger partial charge in [0, 0.05) is 6.20 Å². The van der Waals surface area contributed by atoms with E-state index in [2.05, 4.69) is 0 Å². The molecular weight excluding hydrogens is 194 g/mol. The predicted molar refractivity (Wildman–Crippen MR) is 55.9 cm³/mol. The van der Waals surface area contributed by atoms with Gasteiger partial charge in [0.05, 0.1) is 5.69 Å². The number of hydrogen-bond donors (Lipinski definition) is 1. The Kier molecular flexibility index (Phi) is 2.98. The summed E-state index contributed by atoms with van der Waals surface area (Å²) in [4.78, 5) is 21.9. The number of carbonyl (C=O) groups excluding carboxylic acids is 1. The molecule has 0 aliphatic carbocycles. The van der Waals surface area contributed by atoms with E-state index in [0.717, 1.165) is 0 Å². The number of hydrogen-bond acceptors (Lipinski definition) is 2. The zero-order chi connectivity index (χ0) is 11.6. The van der Waals surface area contributed by atoms with Gasteiger partial charge in [-0.3, -0.25) is 4.79 Å². The number of rotatable bonds is 3. The number of aromatic nitrogens is 1. The first kappa shape index (κ1) is 11.5. The molecule has 0 aliphatic rings. The molecule has 0 bridgehead atoms. The lowest BCUT2D eigenvalue weighted by Gasteiger charge is -2.29. The van der Waals surface area contributed by atoms with Crippen LogP contribution in [0.4, 0.5) is 0 Å². The van der Waals surface area contributed by atoms with Crippen LogP contribution in [0, 0.1) is 5.41 Å². The third kappa shape index (κ3) is 2.26. The number of carbonyl (C=O) groups is 2. The first-order valence-electron chi connectivity index (χ1n) is 4.72. The minimum atomic E-state index is -0.929. The molecule has 1 rings (SSSR count). The van der Waals surface area contributed by atoms with E-state index in [1.165, 1.54) is 4.57 Å². The Morgan fingerprint density at radius 3 is 2.53 bits per heavy atom. The van der Waals surface area contributed by atoms with E-state index in [0.29, 0.717) is 12.0 Å². The molecule has 0 unspecified atom stereocenters. The van der Waals surface area contributed by atoms with E-state index < -0.39 is 17.4 Å². The summed E-state index contributed by atoms with van der Waals surface area (Å²) < 4.78 is 1.50. The van der Waals surface area contributed by atoms with E-state index in [4.69, 9.17) is 5.11 Å². The van der Waals surface area contributed by atoms with Crippen LogP contribution < -0.4 is 0 Å². The van der Waals surface area contributed by atoms with Crippen molar-refractivity contribution in [3.05, 3.63) is 24.0 Å². The molecule has 82 valence electrons. The van der Waals surface area contributed by atoms with Crippen molar-refractivity contribution in [2.45, 2.75) is 26.8 Å². The number of aldehydes is 1. The molecule has 4 nitrogen and oxygen atoms in total. The zero-order valence-corrected chi connectivity index (χ0v) is 9.10. The van der Waals surface area contributed by atoms with Crippen LogP contribution in [0.1, 0.15) is 37.3 Å². The lowest BCUT2D eigenvalue weighted by Crippen LogP contribution is -2.32. The first-order valence-corrected chi connectivity index (χ1v) is 4.72. The molecule has 0 spiro atoms. The molecule has 1 heterocycles. The average molecular weight is 209 g/mol. The van der Waals surface area contributed by atoms with Crippen LogP contribution in [0.25, 0.3) is 0 Å². The van der Waals surface area contributed by atoms with E-state index >= 15 is 0 Å². The third-order valence-electron chi connectivity index (χ3n) is 2.26. The van der Waals surface area contributed by atoms with Gasteiger partial charge in [-0.2, -0.15) is 0 Å². The summed E-state index contributed by atoms with van der Waals surface area (Å²) in [6.45, 7) is 5.50. The fourth-order valence-corrected chi connectivity index (χ4v) is 1.65. The van der Waals surface area contributed by atoms with Crippen LogP contribution in [-0.4, -0.2) is 21.9 Å². The molecule has 0 aliphatic heterocycles. The van der Waals surface area contributed by atoms with Crippen molar-refractivity contribution < 1.29 is 14.7 Å². The van der Waals surface area contributed by atoms with Crippen LogP contribution in [0.3, 0.4) is 0 Å². The fraction of sp³-hybridized carbons (Fsp3) is 0.455. The van der Waals surface area contributed by atoms with Crippen molar-refractivity contribution in [1.82, 2.24) is 4.57 Å². The lowest BCUT2D eigenvalue weighted by molar-refractivity contribution is -0.144. The molecular formula is C11H15NO3. The van der Waals surface area contributed by atoms with Crippen LogP contribution in [0.15, 0.2) is 18.3 Å². The van der Waals surface area contributed by atoms with Gasteiger partial charge in [0.1, 0.15) is 6.04 Å². The molecule has 1 N–H and O–H groups in total. The van der Waals surface area contributed by atoms with E-state index in [-0.39, 0.29) is 0 Å². The summed E-state index contributed by atoms with van der Waals surface area (Å²) in [5.74, 6) is -0.929. The highest BCUT2D eigenvalue weighted by Crippen LogP contribution is 2.31. The van der Waals surface area contributed by atoms with Gasteiger partial charge in [-0.25, -0.2) is 4.79 Å². The van der Waals surface area contributed by atoms with Gasteiger partial charge in [0.2, 0.25) is 0 Å². The van der Waals surface area contributed by atoms with Crippen molar-refractivity contribution >= 4 is 12.3 Å². The highest BCUT2D eigenvalue weighted by Gasteiger charge is 2.33. The SMILES string of the molecule is CC(C)(C)[C@@H](C(=O)O)n1cccc1C=O. The van der Waals surface area contributed by atoms with Crippen molar-refractivity contribution in [1.29, 1.82) is 0 Å². The highest BCUT2D eigenvalue weighted by molar-refractivity contribution is 5.77. The monoisotopic (exact) mass is 209 g/mol. The lowest BCUT2D eigenvalue weighted by atomic mass is 9.86. The molecule has 0 saturated heterocycles. The predicted octanol–water partition coefficient (Wildman–Crippen LogP) is 1.97. The Morgan fingerprint density at radius 2 is 2.13 bits per heavy atom. The molecule has 0 radical (unpaired) electrons. The van der Waals surface area contributed by atoms with Gasteiger partial charge in [-0.1, -0.05) is 20.8 Å². The number of carboxylic acids is 1. The summed E-state index contributed by atoms with van der Waals surface area (Å²) in [5, 5.41) is 9.16. The summed E-state index contributed by atoms with van der Waals surface area (Å²) in [7, 11) is 0. The molecule has 1 aromatic rings. The maximum atomic E-state index is 11.2. The van der Waals surface area contributed by atoms with E-state index in [9.17, 15) is 9.59 Å². The number of aliphatic carboxylic acids is 1. The van der Waals surface area contributed by atoms with Crippen molar-refractivity contribution in [2.75, 3.05) is 0 Å². The molecule has 0 aromatic carbocycles. The number of carboxylic acid groups (broad SMARTS) is 1.